The number of phenols is 1. The van der Waals surface area contributed by atoms with E-state index in [4.69, 9.17) is 4.74 Å². The Morgan fingerprint density at radius 2 is 2.16 bits per heavy atom. The number of aromatic hydroxyl groups is 1. The number of rotatable bonds is 4. The van der Waals surface area contributed by atoms with Gasteiger partial charge in [0.25, 0.3) is 5.88 Å². The largest absolute Gasteiger partial charge is 0.507 e. The molecule has 25 heavy (non-hydrogen) atoms. The maximum atomic E-state index is 13.6. The average molecular weight is 341 g/mol. The van der Waals surface area contributed by atoms with Crippen LogP contribution in [0.15, 0.2) is 43.1 Å². The van der Waals surface area contributed by atoms with E-state index in [1.54, 1.807) is 35.4 Å². The number of alkyl halides is 1. The highest BCUT2D eigenvalue weighted by Gasteiger charge is 2.29. The van der Waals surface area contributed by atoms with Gasteiger partial charge in [-0.05, 0) is 31.4 Å². The summed E-state index contributed by atoms with van der Waals surface area (Å²) < 4.78 is 20.9. The van der Waals surface area contributed by atoms with Gasteiger partial charge in [0.05, 0.1) is 23.8 Å². The first-order valence-electron chi connectivity index (χ1n) is 8.03. The highest BCUT2D eigenvalue weighted by Crippen LogP contribution is 2.29. The van der Waals surface area contributed by atoms with E-state index >= 15 is 0 Å². The third-order valence-corrected chi connectivity index (χ3v) is 4.21. The zero-order chi connectivity index (χ0) is 17.2. The highest BCUT2D eigenvalue weighted by atomic mass is 19.1. The van der Waals surface area contributed by atoms with Crippen molar-refractivity contribution in [2.45, 2.75) is 31.5 Å². The first-order chi connectivity index (χ1) is 12.2. The van der Waals surface area contributed by atoms with Crippen molar-refractivity contribution < 1.29 is 14.2 Å². The van der Waals surface area contributed by atoms with Crippen LogP contribution in [0, 0.1) is 0 Å². The minimum Gasteiger partial charge on any atom is -0.507 e. The summed E-state index contributed by atoms with van der Waals surface area (Å²) in [7, 11) is 0. The average Bonchev–Trinajstić information content (AvgIpc) is 3.28. The van der Waals surface area contributed by atoms with E-state index in [1.807, 2.05) is 6.07 Å². The van der Waals surface area contributed by atoms with Crippen LogP contribution >= 0.6 is 0 Å². The summed E-state index contributed by atoms with van der Waals surface area (Å²) in [5, 5.41) is 18.2. The number of aromatic nitrogens is 5. The molecule has 0 aliphatic heterocycles. The summed E-state index contributed by atoms with van der Waals surface area (Å²) in [5.74, 6) is 0.486. The molecule has 1 saturated carbocycles. The fourth-order valence-electron chi connectivity index (χ4n) is 2.89. The second kappa shape index (κ2) is 6.46. The van der Waals surface area contributed by atoms with Gasteiger partial charge in [0.1, 0.15) is 18.0 Å². The van der Waals surface area contributed by atoms with Gasteiger partial charge in [-0.3, -0.25) is 0 Å². The van der Waals surface area contributed by atoms with Crippen LogP contribution in [0.3, 0.4) is 0 Å². The maximum Gasteiger partial charge on any atom is 0.252 e. The molecule has 7 nitrogen and oxygen atoms in total. The van der Waals surface area contributed by atoms with E-state index in [1.165, 1.54) is 6.20 Å². The number of benzene rings is 1. The Hall–Kier alpha value is -3.03. The number of ether oxygens (including phenoxy) is 1. The van der Waals surface area contributed by atoms with Gasteiger partial charge in [-0.25, -0.2) is 14.4 Å². The molecular weight excluding hydrogens is 325 g/mol. The van der Waals surface area contributed by atoms with Gasteiger partial charge in [-0.1, -0.05) is 0 Å². The predicted octanol–water partition coefficient (Wildman–Crippen LogP) is 2.70. The lowest BCUT2D eigenvalue weighted by Gasteiger charge is -2.14. The molecule has 128 valence electrons. The van der Waals surface area contributed by atoms with Crippen molar-refractivity contribution in [3.05, 3.63) is 43.1 Å². The van der Waals surface area contributed by atoms with Crippen LogP contribution in [-0.2, 0) is 0 Å². The fraction of sp³-hybridized carbons (Fsp3) is 0.294. The lowest BCUT2D eigenvalue weighted by molar-refractivity contribution is 0.119. The Balaban J connectivity index is 1.53. The van der Waals surface area contributed by atoms with Crippen molar-refractivity contribution in [1.29, 1.82) is 0 Å². The second-order valence-electron chi connectivity index (χ2n) is 5.89. The van der Waals surface area contributed by atoms with E-state index in [-0.39, 0.29) is 17.5 Å². The smallest absolute Gasteiger partial charge is 0.252 e. The summed E-state index contributed by atoms with van der Waals surface area (Å²) in [6.45, 7) is 0. The molecule has 0 bridgehead atoms. The van der Waals surface area contributed by atoms with E-state index in [9.17, 15) is 9.50 Å². The molecule has 4 rings (SSSR count). The maximum absolute atomic E-state index is 13.6. The van der Waals surface area contributed by atoms with Crippen LogP contribution in [0.4, 0.5) is 4.39 Å². The van der Waals surface area contributed by atoms with Crippen LogP contribution in [0.1, 0.15) is 19.3 Å². The summed E-state index contributed by atoms with van der Waals surface area (Å²) in [5.41, 5.74) is 1.22. The molecule has 2 aromatic heterocycles. The third kappa shape index (κ3) is 3.15. The number of hydrogen-bond acceptors (Lipinski definition) is 6. The molecule has 1 aromatic carbocycles. The van der Waals surface area contributed by atoms with Crippen LogP contribution in [0.25, 0.3) is 17.1 Å². The van der Waals surface area contributed by atoms with Crippen molar-refractivity contribution >= 4 is 0 Å². The van der Waals surface area contributed by atoms with E-state index in [0.717, 1.165) is 12.1 Å². The molecule has 1 aliphatic carbocycles. The second-order valence-corrected chi connectivity index (χ2v) is 5.89. The van der Waals surface area contributed by atoms with E-state index in [0.29, 0.717) is 18.4 Å². The van der Waals surface area contributed by atoms with Crippen molar-refractivity contribution in [2.24, 2.45) is 0 Å². The van der Waals surface area contributed by atoms with Gasteiger partial charge in [0.2, 0.25) is 0 Å². The monoisotopic (exact) mass is 341 g/mol. The van der Waals surface area contributed by atoms with Crippen LogP contribution in [0.5, 0.6) is 11.6 Å². The normalized spacial score (nSPS) is 19.9. The first-order valence-corrected chi connectivity index (χ1v) is 8.03. The topological polar surface area (TPSA) is 86.0 Å². The molecule has 2 heterocycles. The number of halogens is 1. The van der Waals surface area contributed by atoms with Gasteiger partial charge in [-0.2, -0.15) is 0 Å². The lowest BCUT2D eigenvalue weighted by Crippen LogP contribution is -2.23. The molecule has 0 spiro atoms. The quantitative estimate of drug-likeness (QED) is 0.785. The Bertz CT molecular complexity index is 854. The number of imidazole rings is 1. The SMILES string of the molecule is Oc1cc(-n2ccnc2)ccc1-c1ncc(O[C@H]2CCC[C@@H]2F)nn1. The summed E-state index contributed by atoms with van der Waals surface area (Å²) >= 11 is 0. The third-order valence-electron chi connectivity index (χ3n) is 4.21. The minimum atomic E-state index is -0.971. The van der Waals surface area contributed by atoms with Crippen LogP contribution in [-0.4, -0.2) is 42.1 Å². The molecule has 2 atom stereocenters. The molecule has 0 radical (unpaired) electrons. The molecular formula is C17H16FN5O2. The van der Waals surface area contributed by atoms with Crippen LogP contribution < -0.4 is 4.74 Å². The summed E-state index contributed by atoms with van der Waals surface area (Å²) in [4.78, 5) is 8.14. The van der Waals surface area contributed by atoms with Gasteiger partial charge in [-0.15, -0.1) is 10.2 Å². The molecule has 1 N–H and O–H groups in total. The molecule has 1 fully saturated rings. The van der Waals surface area contributed by atoms with E-state index < -0.39 is 12.3 Å². The molecule has 8 heteroatoms. The molecule has 0 unspecified atom stereocenters. The van der Waals surface area contributed by atoms with Crippen molar-refractivity contribution in [3.8, 4) is 28.7 Å². The Morgan fingerprint density at radius 1 is 1.24 bits per heavy atom. The Labute approximate surface area is 143 Å². The molecule has 0 saturated heterocycles. The number of nitrogens with zero attached hydrogens (tertiary/aromatic N) is 5. The van der Waals surface area contributed by atoms with Gasteiger partial charge < -0.3 is 14.4 Å². The summed E-state index contributed by atoms with van der Waals surface area (Å²) in [6, 6.07) is 5.12. The number of phenolic OH excluding ortho intramolecular Hbond substituents is 1. The molecule has 1 aliphatic rings. The zero-order valence-corrected chi connectivity index (χ0v) is 13.3. The number of hydrogen-bond donors (Lipinski definition) is 1. The van der Waals surface area contributed by atoms with Gasteiger partial charge >= 0.3 is 0 Å². The fourth-order valence-corrected chi connectivity index (χ4v) is 2.89. The van der Waals surface area contributed by atoms with E-state index in [2.05, 4.69) is 20.2 Å². The molecule has 3 aromatic rings. The van der Waals surface area contributed by atoms with Crippen molar-refractivity contribution in [2.75, 3.05) is 0 Å². The lowest BCUT2D eigenvalue weighted by atomic mass is 10.1. The van der Waals surface area contributed by atoms with Crippen molar-refractivity contribution in [1.82, 2.24) is 24.7 Å². The molecule has 0 amide bonds. The predicted molar refractivity (Wildman–Crippen MR) is 87.2 cm³/mol. The Morgan fingerprint density at radius 3 is 2.80 bits per heavy atom. The zero-order valence-electron chi connectivity index (χ0n) is 13.3. The minimum absolute atomic E-state index is 0.0290. The van der Waals surface area contributed by atoms with Gasteiger partial charge in [0.15, 0.2) is 5.82 Å². The van der Waals surface area contributed by atoms with Crippen molar-refractivity contribution in [3.63, 3.8) is 0 Å². The standard InChI is InChI=1S/C17H16FN5O2/c18-13-2-1-3-15(13)25-16-9-20-17(22-21-16)12-5-4-11(8-14(12)24)23-7-6-19-10-23/h4-10,13,15,24H,1-3H2/t13-,15-/m0/s1. The summed E-state index contributed by atoms with van der Waals surface area (Å²) in [6.07, 6.45) is 7.01. The first kappa shape index (κ1) is 15.5. The van der Waals surface area contributed by atoms with Crippen LogP contribution in [0.2, 0.25) is 0 Å². The van der Waals surface area contributed by atoms with Gasteiger partial charge in [0, 0.05) is 18.5 Å². The highest BCUT2D eigenvalue weighted by molar-refractivity contribution is 5.65. The Kier molecular flexibility index (Phi) is 4.01.